The molecule has 0 aromatic carbocycles. The minimum Gasteiger partial charge on any atom is -0.465 e. The van der Waals surface area contributed by atoms with Gasteiger partial charge in [-0.2, -0.15) is 0 Å². The lowest BCUT2D eigenvalue weighted by Crippen LogP contribution is -2.50. The molecule has 0 unspecified atom stereocenters. The number of rotatable bonds is 11. The molecule has 4 saturated carbocycles. The van der Waals surface area contributed by atoms with Crippen LogP contribution >= 0.6 is 0 Å². The number of carbonyl (C=O) groups is 3. The van der Waals surface area contributed by atoms with Crippen LogP contribution in [0.15, 0.2) is 0 Å². The van der Waals surface area contributed by atoms with Crippen molar-refractivity contribution >= 4 is 17.7 Å². The van der Waals surface area contributed by atoms with Crippen molar-refractivity contribution in [2.45, 2.75) is 84.5 Å². The van der Waals surface area contributed by atoms with E-state index in [1.54, 1.807) is 0 Å². The maximum absolute atomic E-state index is 13.4. The van der Waals surface area contributed by atoms with Gasteiger partial charge in [-0.3, -0.25) is 14.4 Å². The predicted octanol–water partition coefficient (Wildman–Crippen LogP) is 4.46. The fourth-order valence-electron chi connectivity index (χ4n) is 5.95. The molecule has 0 aromatic rings. The molecule has 0 atom stereocenters. The second-order valence-corrected chi connectivity index (χ2v) is 9.42. The van der Waals surface area contributed by atoms with Crippen LogP contribution in [0.1, 0.15) is 84.5 Å². The third kappa shape index (κ3) is 4.77. The molecular formula is C23H36O5. The van der Waals surface area contributed by atoms with Crippen molar-refractivity contribution in [3.63, 3.8) is 0 Å². The third-order valence-corrected chi connectivity index (χ3v) is 7.07. The Morgan fingerprint density at radius 1 is 0.821 bits per heavy atom. The topological polar surface area (TPSA) is 69.7 Å². The van der Waals surface area contributed by atoms with Gasteiger partial charge in [0.25, 0.3) is 0 Å². The van der Waals surface area contributed by atoms with Crippen LogP contribution in [0.5, 0.6) is 0 Å². The minimum atomic E-state index is -1.10. The Labute approximate surface area is 168 Å². The summed E-state index contributed by atoms with van der Waals surface area (Å²) in [4.78, 5) is 38.5. The van der Waals surface area contributed by atoms with Gasteiger partial charge in [0.2, 0.25) is 0 Å². The summed E-state index contributed by atoms with van der Waals surface area (Å²) in [6.07, 6.45) is 9.88. The molecule has 4 aliphatic carbocycles. The van der Waals surface area contributed by atoms with Gasteiger partial charge in [0, 0.05) is 11.8 Å². The van der Waals surface area contributed by atoms with Gasteiger partial charge >= 0.3 is 11.9 Å². The Hall–Kier alpha value is -1.39. The molecule has 4 bridgehead atoms. The van der Waals surface area contributed by atoms with E-state index in [4.69, 9.17) is 9.47 Å². The van der Waals surface area contributed by atoms with Crippen LogP contribution in [-0.2, 0) is 23.9 Å². The molecule has 5 nitrogen and oxygen atoms in total. The van der Waals surface area contributed by atoms with Crippen molar-refractivity contribution in [3.05, 3.63) is 0 Å². The maximum Gasteiger partial charge on any atom is 0.320 e. The smallest absolute Gasteiger partial charge is 0.320 e. The molecule has 0 N–H and O–H groups in total. The van der Waals surface area contributed by atoms with Gasteiger partial charge in [0.1, 0.15) is 5.78 Å². The van der Waals surface area contributed by atoms with E-state index < -0.39 is 17.9 Å². The standard InChI is InChI=1S/C23H36O5/c1-3-5-7-27-21(25)19(22(26)28-8-6-4-2)12-20(24)23-13-16-9-17(14-23)11-18(10-16)15-23/h16-19H,3-15H2,1-2H3. The molecule has 158 valence electrons. The minimum absolute atomic E-state index is 0.0535. The van der Waals surface area contributed by atoms with Crippen LogP contribution < -0.4 is 0 Å². The monoisotopic (exact) mass is 392 g/mol. The summed E-state index contributed by atoms with van der Waals surface area (Å²) in [6.45, 7) is 4.61. The fourth-order valence-corrected chi connectivity index (χ4v) is 5.95. The Morgan fingerprint density at radius 3 is 1.64 bits per heavy atom. The van der Waals surface area contributed by atoms with Gasteiger partial charge in [-0.1, -0.05) is 26.7 Å². The first kappa shape index (κ1) is 21.3. The van der Waals surface area contributed by atoms with Crippen LogP contribution in [0.4, 0.5) is 0 Å². The van der Waals surface area contributed by atoms with Crippen molar-refractivity contribution in [2.75, 3.05) is 13.2 Å². The molecule has 0 radical (unpaired) electrons. The molecule has 5 heteroatoms. The van der Waals surface area contributed by atoms with E-state index in [9.17, 15) is 14.4 Å². The first-order valence-electron chi connectivity index (χ1n) is 11.3. The molecular weight excluding hydrogens is 356 g/mol. The van der Waals surface area contributed by atoms with Crippen molar-refractivity contribution < 1.29 is 23.9 Å². The Kier molecular flexibility index (Phi) is 7.16. The van der Waals surface area contributed by atoms with Gasteiger partial charge in [-0.05, 0) is 69.1 Å². The Bertz CT molecular complexity index is 524. The van der Waals surface area contributed by atoms with Crippen LogP contribution in [0.2, 0.25) is 0 Å². The summed E-state index contributed by atoms with van der Waals surface area (Å²) in [5, 5.41) is 0. The summed E-state index contributed by atoms with van der Waals surface area (Å²) in [6, 6.07) is 0. The molecule has 4 aliphatic rings. The average Bonchev–Trinajstić information content (AvgIpc) is 2.65. The van der Waals surface area contributed by atoms with Crippen LogP contribution in [0, 0.1) is 29.1 Å². The van der Waals surface area contributed by atoms with Gasteiger partial charge in [-0.15, -0.1) is 0 Å². The molecule has 0 heterocycles. The summed E-state index contributed by atoms with van der Waals surface area (Å²) in [5.74, 6) is -0.225. The van der Waals surface area contributed by atoms with Gasteiger partial charge < -0.3 is 9.47 Å². The van der Waals surface area contributed by atoms with E-state index in [-0.39, 0.29) is 17.6 Å². The zero-order chi connectivity index (χ0) is 20.1. The summed E-state index contributed by atoms with van der Waals surface area (Å²) >= 11 is 0. The van der Waals surface area contributed by atoms with E-state index >= 15 is 0 Å². The van der Waals surface area contributed by atoms with E-state index in [1.165, 1.54) is 19.3 Å². The summed E-state index contributed by atoms with van der Waals surface area (Å²) in [7, 11) is 0. The van der Waals surface area contributed by atoms with Crippen molar-refractivity contribution in [1.82, 2.24) is 0 Å². The Morgan fingerprint density at radius 2 is 1.25 bits per heavy atom. The number of esters is 2. The average molecular weight is 393 g/mol. The zero-order valence-electron chi connectivity index (χ0n) is 17.5. The molecule has 28 heavy (non-hydrogen) atoms. The lowest BCUT2D eigenvalue weighted by molar-refractivity contribution is -0.166. The second kappa shape index (κ2) is 9.41. The normalized spacial score (nSPS) is 30.5. The highest BCUT2D eigenvalue weighted by Crippen LogP contribution is 2.60. The molecule has 0 aliphatic heterocycles. The second-order valence-electron chi connectivity index (χ2n) is 9.42. The molecule has 4 rings (SSSR count). The van der Waals surface area contributed by atoms with Gasteiger partial charge in [0.05, 0.1) is 13.2 Å². The summed E-state index contributed by atoms with van der Waals surface area (Å²) < 4.78 is 10.6. The van der Waals surface area contributed by atoms with Crippen molar-refractivity contribution in [3.8, 4) is 0 Å². The highest BCUT2D eigenvalue weighted by Gasteiger charge is 2.55. The third-order valence-electron chi connectivity index (χ3n) is 7.07. The first-order chi connectivity index (χ1) is 13.5. The largest absolute Gasteiger partial charge is 0.465 e. The van der Waals surface area contributed by atoms with Crippen molar-refractivity contribution in [2.24, 2.45) is 29.1 Å². The number of unbranched alkanes of at least 4 members (excludes halogenated alkanes) is 2. The van der Waals surface area contributed by atoms with Crippen molar-refractivity contribution in [1.29, 1.82) is 0 Å². The lowest BCUT2D eigenvalue weighted by Gasteiger charge is -2.56. The molecule has 0 saturated heterocycles. The quantitative estimate of drug-likeness (QED) is 0.295. The number of carbonyl (C=O) groups excluding carboxylic acids is 3. The van der Waals surface area contributed by atoms with Gasteiger partial charge in [0.15, 0.2) is 5.92 Å². The predicted molar refractivity (Wildman–Crippen MR) is 105 cm³/mol. The zero-order valence-corrected chi connectivity index (χ0v) is 17.5. The van der Waals surface area contributed by atoms with Crippen LogP contribution in [0.3, 0.4) is 0 Å². The highest BCUT2D eigenvalue weighted by atomic mass is 16.6. The fraction of sp³-hybridized carbons (Fsp3) is 0.870. The van der Waals surface area contributed by atoms with E-state index in [0.717, 1.165) is 44.9 Å². The number of hydrogen-bond donors (Lipinski definition) is 0. The van der Waals surface area contributed by atoms with Crippen LogP contribution in [0.25, 0.3) is 0 Å². The molecule has 0 spiro atoms. The molecule has 0 amide bonds. The van der Waals surface area contributed by atoms with E-state index in [2.05, 4.69) is 0 Å². The van der Waals surface area contributed by atoms with Gasteiger partial charge in [-0.25, -0.2) is 0 Å². The number of ether oxygens (including phenoxy) is 2. The molecule has 4 fully saturated rings. The Balaban J connectivity index is 1.66. The first-order valence-corrected chi connectivity index (χ1v) is 11.3. The maximum atomic E-state index is 13.4. The number of hydrogen-bond acceptors (Lipinski definition) is 5. The van der Waals surface area contributed by atoms with Crippen LogP contribution in [-0.4, -0.2) is 30.9 Å². The molecule has 0 aromatic heterocycles. The highest BCUT2D eigenvalue weighted by molar-refractivity contribution is 6.00. The van der Waals surface area contributed by atoms with E-state index in [0.29, 0.717) is 31.0 Å². The summed E-state index contributed by atoms with van der Waals surface area (Å²) in [5.41, 5.74) is -0.305. The number of Topliss-reactive ketones (excluding diaryl/α,β-unsaturated/α-hetero) is 1. The van der Waals surface area contributed by atoms with E-state index in [1.807, 2.05) is 13.8 Å². The lowest BCUT2D eigenvalue weighted by atomic mass is 9.48. The number of ketones is 1. The SMILES string of the molecule is CCCCOC(=O)C(CC(=O)C12CC3CC(CC(C3)C1)C2)C(=O)OCCCC.